The maximum Gasteiger partial charge on any atom is 0.418 e. The molecule has 1 heterocycles. The summed E-state index contributed by atoms with van der Waals surface area (Å²) in [6, 6.07) is 9.57. The lowest BCUT2D eigenvalue weighted by atomic mass is 10.2. The fourth-order valence-electron chi connectivity index (χ4n) is 2.13. The molecule has 0 aliphatic heterocycles. The van der Waals surface area contributed by atoms with Crippen molar-refractivity contribution in [1.82, 2.24) is 14.8 Å². The van der Waals surface area contributed by atoms with E-state index >= 15 is 0 Å². The van der Waals surface area contributed by atoms with Crippen LogP contribution in [0.1, 0.15) is 5.56 Å². The quantitative estimate of drug-likeness (QED) is 0.542. The molecule has 3 nitrogen and oxygen atoms in total. The van der Waals surface area contributed by atoms with Crippen LogP contribution in [0.15, 0.2) is 42.5 Å². The van der Waals surface area contributed by atoms with Crippen LogP contribution in [0, 0.1) is 0 Å². The maximum atomic E-state index is 13.2. The molecule has 3 rings (SSSR count). The average molecular weight is 393 g/mol. The van der Waals surface area contributed by atoms with Gasteiger partial charge in [-0.2, -0.15) is 18.2 Å². The Bertz CT molecular complexity index is 906. The average Bonchev–Trinajstić information content (AvgIpc) is 2.88. The van der Waals surface area contributed by atoms with Gasteiger partial charge >= 0.3 is 6.18 Å². The second kappa shape index (κ2) is 6.27. The van der Waals surface area contributed by atoms with Crippen LogP contribution in [0.3, 0.4) is 0 Å². The molecule has 24 heavy (non-hydrogen) atoms. The summed E-state index contributed by atoms with van der Waals surface area (Å²) in [5.41, 5.74) is -0.685. The second-order valence-corrected chi connectivity index (χ2v) is 5.94. The number of hydrogen-bond acceptors (Lipinski definition) is 2. The number of nitrogens with zero attached hydrogens (tertiary/aromatic N) is 3. The van der Waals surface area contributed by atoms with Crippen LogP contribution in [-0.4, -0.2) is 14.8 Å². The van der Waals surface area contributed by atoms with Crippen LogP contribution in [0.25, 0.3) is 17.1 Å². The molecule has 0 unspecified atom stereocenters. The molecule has 1 aromatic heterocycles. The van der Waals surface area contributed by atoms with E-state index in [2.05, 4.69) is 10.1 Å². The first-order valence-corrected chi connectivity index (χ1v) is 7.65. The maximum absolute atomic E-state index is 13.2. The fraction of sp³-hybridized carbons (Fsp3) is 0.0667. The molecule has 0 atom stereocenters. The largest absolute Gasteiger partial charge is 0.418 e. The van der Waals surface area contributed by atoms with E-state index in [1.54, 1.807) is 12.1 Å². The Balaban J connectivity index is 2.15. The van der Waals surface area contributed by atoms with Crippen molar-refractivity contribution in [3.63, 3.8) is 0 Å². The van der Waals surface area contributed by atoms with Gasteiger partial charge in [0, 0.05) is 10.6 Å². The van der Waals surface area contributed by atoms with Crippen molar-refractivity contribution in [3.05, 3.63) is 63.4 Å². The molecule has 3 aromatic rings. The zero-order chi connectivity index (χ0) is 17.5. The van der Waals surface area contributed by atoms with E-state index in [1.165, 1.54) is 24.3 Å². The van der Waals surface area contributed by atoms with E-state index in [0.717, 1.165) is 10.7 Å². The van der Waals surface area contributed by atoms with Gasteiger partial charge in [-0.05, 0) is 41.9 Å². The van der Waals surface area contributed by atoms with Gasteiger partial charge in [-0.25, -0.2) is 4.68 Å². The lowest BCUT2D eigenvalue weighted by Crippen LogP contribution is -2.11. The Kier molecular flexibility index (Phi) is 4.46. The molecule has 0 saturated carbocycles. The third kappa shape index (κ3) is 3.22. The van der Waals surface area contributed by atoms with Gasteiger partial charge in [0.15, 0.2) is 5.82 Å². The smallest absolute Gasteiger partial charge is 0.202 e. The van der Waals surface area contributed by atoms with Crippen molar-refractivity contribution >= 4 is 34.8 Å². The van der Waals surface area contributed by atoms with Gasteiger partial charge in [0.2, 0.25) is 5.28 Å². The van der Waals surface area contributed by atoms with E-state index in [9.17, 15) is 13.2 Å². The molecule has 0 saturated heterocycles. The lowest BCUT2D eigenvalue weighted by molar-refractivity contribution is -0.137. The molecule has 0 spiro atoms. The summed E-state index contributed by atoms with van der Waals surface area (Å²) in [7, 11) is 0. The monoisotopic (exact) mass is 391 g/mol. The number of alkyl halides is 3. The van der Waals surface area contributed by atoms with Crippen LogP contribution in [-0.2, 0) is 6.18 Å². The molecular formula is C15H7Cl3F3N3. The minimum Gasteiger partial charge on any atom is -0.202 e. The lowest BCUT2D eigenvalue weighted by Gasteiger charge is -2.12. The first-order valence-electron chi connectivity index (χ1n) is 6.52. The molecule has 124 valence electrons. The minimum absolute atomic E-state index is 0.0960. The summed E-state index contributed by atoms with van der Waals surface area (Å²) < 4.78 is 40.4. The third-order valence-electron chi connectivity index (χ3n) is 3.18. The SMILES string of the molecule is FC(F)(F)c1ccccc1-n1nc(-c2ccc(Cl)cc2Cl)nc1Cl. The van der Waals surface area contributed by atoms with Gasteiger partial charge in [0.05, 0.1) is 16.3 Å². The predicted molar refractivity (Wildman–Crippen MR) is 86.8 cm³/mol. The number of hydrogen-bond donors (Lipinski definition) is 0. The molecule has 0 fully saturated rings. The Hall–Kier alpha value is -1.76. The predicted octanol–water partition coefficient (Wildman–Crippen LogP) is 5.91. The summed E-state index contributed by atoms with van der Waals surface area (Å²) in [5.74, 6) is 0.0960. The third-order valence-corrected chi connectivity index (χ3v) is 3.97. The van der Waals surface area contributed by atoms with E-state index in [0.29, 0.717) is 10.6 Å². The normalized spacial score (nSPS) is 11.8. The van der Waals surface area contributed by atoms with Gasteiger partial charge < -0.3 is 0 Å². The topological polar surface area (TPSA) is 30.7 Å². The summed E-state index contributed by atoms with van der Waals surface area (Å²) in [6.07, 6.45) is -4.55. The van der Waals surface area contributed by atoms with Gasteiger partial charge in [0.25, 0.3) is 0 Å². The summed E-state index contributed by atoms with van der Waals surface area (Å²) >= 11 is 17.9. The zero-order valence-corrected chi connectivity index (χ0v) is 13.9. The number of benzene rings is 2. The molecule has 0 amide bonds. The second-order valence-electron chi connectivity index (χ2n) is 4.76. The van der Waals surface area contributed by atoms with E-state index < -0.39 is 11.7 Å². The summed E-state index contributed by atoms with van der Waals surface area (Å²) in [6.45, 7) is 0. The molecule has 0 radical (unpaired) electrons. The number of aromatic nitrogens is 3. The molecule has 2 aromatic carbocycles. The first-order chi connectivity index (χ1) is 11.3. The molecule has 0 bridgehead atoms. The number of halogens is 6. The van der Waals surface area contributed by atoms with Crippen LogP contribution >= 0.6 is 34.8 Å². The molecule has 0 aliphatic carbocycles. The van der Waals surface area contributed by atoms with E-state index in [-0.39, 0.29) is 21.8 Å². The van der Waals surface area contributed by atoms with Crippen LogP contribution in [0.2, 0.25) is 15.3 Å². The fourth-order valence-corrected chi connectivity index (χ4v) is 2.83. The highest BCUT2D eigenvalue weighted by Gasteiger charge is 2.34. The van der Waals surface area contributed by atoms with Gasteiger partial charge in [-0.3, -0.25) is 0 Å². The van der Waals surface area contributed by atoms with Crippen molar-refractivity contribution in [1.29, 1.82) is 0 Å². The van der Waals surface area contributed by atoms with Crippen LogP contribution in [0.5, 0.6) is 0 Å². The number of rotatable bonds is 2. The highest BCUT2D eigenvalue weighted by molar-refractivity contribution is 6.36. The Morgan fingerprint density at radius 3 is 2.33 bits per heavy atom. The zero-order valence-electron chi connectivity index (χ0n) is 11.7. The Morgan fingerprint density at radius 2 is 1.67 bits per heavy atom. The molecule has 9 heteroatoms. The van der Waals surface area contributed by atoms with E-state index in [1.807, 2.05) is 0 Å². The first kappa shape index (κ1) is 17.1. The standard InChI is InChI=1S/C15H7Cl3F3N3/c16-8-5-6-9(11(17)7-8)13-22-14(18)24(23-13)12-4-2-1-3-10(12)15(19,20)21/h1-7H. The van der Waals surface area contributed by atoms with Crippen molar-refractivity contribution < 1.29 is 13.2 Å². The summed E-state index contributed by atoms with van der Waals surface area (Å²) in [4.78, 5) is 3.99. The van der Waals surface area contributed by atoms with E-state index in [4.69, 9.17) is 34.8 Å². The van der Waals surface area contributed by atoms with Gasteiger partial charge in [0.1, 0.15) is 0 Å². The highest BCUT2D eigenvalue weighted by Crippen LogP contribution is 2.35. The van der Waals surface area contributed by atoms with Gasteiger partial charge in [-0.1, -0.05) is 35.3 Å². The highest BCUT2D eigenvalue weighted by atomic mass is 35.5. The minimum atomic E-state index is -4.55. The van der Waals surface area contributed by atoms with Crippen molar-refractivity contribution in [2.75, 3.05) is 0 Å². The van der Waals surface area contributed by atoms with Crippen LogP contribution in [0.4, 0.5) is 13.2 Å². The Morgan fingerprint density at radius 1 is 0.958 bits per heavy atom. The van der Waals surface area contributed by atoms with Crippen molar-refractivity contribution in [3.8, 4) is 17.1 Å². The van der Waals surface area contributed by atoms with Crippen molar-refractivity contribution in [2.45, 2.75) is 6.18 Å². The Labute approximate surface area is 149 Å². The summed E-state index contributed by atoms with van der Waals surface area (Å²) in [5, 5.41) is 4.52. The number of para-hydroxylation sites is 1. The molecule has 0 aliphatic rings. The molecule has 0 N–H and O–H groups in total. The van der Waals surface area contributed by atoms with Gasteiger partial charge in [-0.15, -0.1) is 5.10 Å². The van der Waals surface area contributed by atoms with Crippen LogP contribution < -0.4 is 0 Å². The molecular weight excluding hydrogens is 386 g/mol. The van der Waals surface area contributed by atoms with Crippen molar-refractivity contribution in [2.24, 2.45) is 0 Å².